The number of fused-ring (bicyclic) bond motifs is 3. The Balaban J connectivity index is 2.45. The fourth-order valence-electron chi connectivity index (χ4n) is 2.04. The van der Waals surface area contributed by atoms with Gasteiger partial charge in [-0.2, -0.15) is 13.2 Å². The second kappa shape index (κ2) is 4.34. The van der Waals surface area contributed by atoms with Gasteiger partial charge in [0.25, 0.3) is 0 Å². The van der Waals surface area contributed by atoms with E-state index in [1.54, 1.807) is 11.4 Å². The second-order valence-electron chi connectivity index (χ2n) is 4.15. The van der Waals surface area contributed by atoms with Gasteiger partial charge in [0.15, 0.2) is 11.5 Å². The molecule has 0 aliphatic carbocycles. The molecule has 0 spiro atoms. The van der Waals surface area contributed by atoms with E-state index in [9.17, 15) is 13.2 Å². The van der Waals surface area contributed by atoms with Crippen molar-refractivity contribution in [3.63, 3.8) is 0 Å². The number of nitrogens with one attached hydrogen (secondary N) is 1. The summed E-state index contributed by atoms with van der Waals surface area (Å²) in [4.78, 5) is 8.42. The van der Waals surface area contributed by atoms with Crippen LogP contribution in [0.5, 0.6) is 0 Å². The summed E-state index contributed by atoms with van der Waals surface area (Å²) < 4.78 is 40.6. The Morgan fingerprint density at radius 3 is 2.70 bits per heavy atom. The number of aromatic nitrogens is 3. The molecule has 0 aliphatic rings. The van der Waals surface area contributed by atoms with Crippen LogP contribution in [0.2, 0.25) is 0 Å². The van der Waals surface area contributed by atoms with E-state index in [1.165, 1.54) is 12.3 Å². The van der Waals surface area contributed by atoms with Gasteiger partial charge in [-0.15, -0.1) is 0 Å². The molecule has 0 atom stereocenters. The number of benzene rings is 1. The van der Waals surface area contributed by atoms with Crippen molar-refractivity contribution in [3.8, 4) is 0 Å². The predicted molar refractivity (Wildman–Crippen MR) is 72.7 cm³/mol. The molecular formula is C12H8BrF3N4. The van der Waals surface area contributed by atoms with E-state index >= 15 is 0 Å². The largest absolute Gasteiger partial charge is 0.416 e. The zero-order valence-corrected chi connectivity index (χ0v) is 11.7. The van der Waals surface area contributed by atoms with Crippen LogP contribution in [0.4, 0.5) is 19.0 Å². The third-order valence-electron chi connectivity index (χ3n) is 2.94. The van der Waals surface area contributed by atoms with Crippen LogP contribution in [0.1, 0.15) is 5.56 Å². The van der Waals surface area contributed by atoms with Gasteiger partial charge in [0, 0.05) is 7.05 Å². The van der Waals surface area contributed by atoms with Crippen molar-refractivity contribution in [1.82, 2.24) is 14.4 Å². The molecule has 0 saturated carbocycles. The second-order valence-corrected chi connectivity index (χ2v) is 4.96. The summed E-state index contributed by atoms with van der Waals surface area (Å²) in [6, 6.07) is 3.44. The number of hydrogen-bond acceptors (Lipinski definition) is 3. The Morgan fingerprint density at radius 1 is 1.30 bits per heavy atom. The maximum absolute atomic E-state index is 12.8. The molecule has 3 aromatic rings. The lowest BCUT2D eigenvalue weighted by Crippen LogP contribution is -2.06. The molecule has 1 aromatic carbocycles. The van der Waals surface area contributed by atoms with Gasteiger partial charge in [-0.1, -0.05) is 0 Å². The maximum atomic E-state index is 12.8. The van der Waals surface area contributed by atoms with Crippen molar-refractivity contribution >= 4 is 38.4 Å². The molecule has 8 heteroatoms. The summed E-state index contributed by atoms with van der Waals surface area (Å²) in [5, 5.41) is 2.88. The minimum atomic E-state index is -4.39. The molecule has 1 N–H and O–H groups in total. The van der Waals surface area contributed by atoms with Crippen molar-refractivity contribution in [2.24, 2.45) is 0 Å². The smallest absolute Gasteiger partial charge is 0.370 e. The molecule has 4 nitrogen and oxygen atoms in total. The van der Waals surface area contributed by atoms with E-state index in [0.717, 1.165) is 12.1 Å². The zero-order chi connectivity index (χ0) is 14.5. The summed E-state index contributed by atoms with van der Waals surface area (Å²) in [7, 11) is 1.68. The van der Waals surface area contributed by atoms with Crippen molar-refractivity contribution in [2.45, 2.75) is 6.18 Å². The van der Waals surface area contributed by atoms with Crippen LogP contribution in [-0.2, 0) is 6.18 Å². The number of alkyl halides is 3. The standard InChI is InChI=1S/C12H8BrF3N4/c1-17-10-11-18-5-9(13)20(11)8-4-6(12(14,15)16)2-3-7(8)19-10/h2-5H,1H3,(H,17,19). The van der Waals surface area contributed by atoms with Crippen LogP contribution < -0.4 is 5.32 Å². The normalized spacial score (nSPS) is 12.2. The Morgan fingerprint density at radius 2 is 2.05 bits per heavy atom. The van der Waals surface area contributed by atoms with E-state index in [0.29, 0.717) is 27.1 Å². The molecule has 3 rings (SSSR count). The highest BCUT2D eigenvalue weighted by molar-refractivity contribution is 9.10. The van der Waals surface area contributed by atoms with Crippen LogP contribution in [0, 0.1) is 0 Å². The third kappa shape index (κ3) is 1.91. The average Bonchev–Trinajstić information content (AvgIpc) is 2.79. The molecule has 2 aromatic heterocycles. The van der Waals surface area contributed by atoms with Crippen molar-refractivity contribution in [2.75, 3.05) is 12.4 Å². The monoisotopic (exact) mass is 344 g/mol. The van der Waals surface area contributed by atoms with E-state index in [2.05, 4.69) is 31.2 Å². The molecule has 0 amide bonds. The van der Waals surface area contributed by atoms with Gasteiger partial charge in [0.2, 0.25) is 0 Å². The molecule has 0 radical (unpaired) electrons. The van der Waals surface area contributed by atoms with Gasteiger partial charge in [-0.25, -0.2) is 9.97 Å². The molecule has 20 heavy (non-hydrogen) atoms. The summed E-state index contributed by atoms with van der Waals surface area (Å²) in [6.07, 6.45) is -2.87. The summed E-state index contributed by atoms with van der Waals surface area (Å²) in [5.41, 5.74) is 0.545. The molecule has 0 unspecified atom stereocenters. The third-order valence-corrected chi connectivity index (χ3v) is 3.50. The summed E-state index contributed by atoms with van der Waals surface area (Å²) in [6.45, 7) is 0. The fraction of sp³-hybridized carbons (Fsp3) is 0.167. The quantitative estimate of drug-likeness (QED) is 0.731. The van der Waals surface area contributed by atoms with Gasteiger partial charge in [0.1, 0.15) is 4.60 Å². The van der Waals surface area contributed by atoms with Gasteiger partial charge in [-0.05, 0) is 34.1 Å². The number of hydrogen-bond donors (Lipinski definition) is 1. The van der Waals surface area contributed by atoms with Crippen LogP contribution in [0.3, 0.4) is 0 Å². The van der Waals surface area contributed by atoms with Crippen LogP contribution in [0.15, 0.2) is 29.0 Å². The first kappa shape index (κ1) is 13.2. The number of anilines is 1. The molecule has 0 saturated heterocycles. The predicted octanol–water partition coefficient (Wildman–Crippen LogP) is 3.71. The van der Waals surface area contributed by atoms with Crippen LogP contribution >= 0.6 is 15.9 Å². The van der Waals surface area contributed by atoms with Gasteiger partial charge >= 0.3 is 6.18 Å². The van der Waals surface area contributed by atoms with E-state index < -0.39 is 11.7 Å². The summed E-state index contributed by atoms with van der Waals surface area (Å²) >= 11 is 3.29. The highest BCUT2D eigenvalue weighted by Gasteiger charge is 2.31. The Bertz CT molecular complexity index is 810. The number of halogens is 4. The first-order valence-electron chi connectivity index (χ1n) is 5.63. The minimum Gasteiger partial charge on any atom is -0.370 e. The fourth-order valence-corrected chi connectivity index (χ4v) is 2.50. The molecule has 0 fully saturated rings. The SMILES string of the molecule is CNc1nc2ccc(C(F)(F)F)cc2n2c(Br)cnc12. The minimum absolute atomic E-state index is 0.346. The van der Waals surface area contributed by atoms with Gasteiger partial charge in [0.05, 0.1) is 22.8 Å². The molecule has 2 heterocycles. The first-order valence-corrected chi connectivity index (χ1v) is 6.43. The van der Waals surface area contributed by atoms with E-state index in [4.69, 9.17) is 0 Å². The van der Waals surface area contributed by atoms with Crippen molar-refractivity contribution in [1.29, 1.82) is 0 Å². The molecule has 0 aliphatic heterocycles. The van der Waals surface area contributed by atoms with Crippen molar-refractivity contribution in [3.05, 3.63) is 34.6 Å². The topological polar surface area (TPSA) is 42.2 Å². The lowest BCUT2D eigenvalue weighted by atomic mass is 10.2. The number of imidazole rings is 1. The zero-order valence-electron chi connectivity index (χ0n) is 10.2. The Hall–Kier alpha value is -1.83. The average molecular weight is 345 g/mol. The Kier molecular flexibility index (Phi) is 2.86. The maximum Gasteiger partial charge on any atom is 0.416 e. The lowest BCUT2D eigenvalue weighted by molar-refractivity contribution is -0.137. The van der Waals surface area contributed by atoms with Crippen LogP contribution in [-0.4, -0.2) is 21.4 Å². The number of nitrogens with zero attached hydrogens (tertiary/aromatic N) is 3. The molecular weight excluding hydrogens is 337 g/mol. The first-order chi connectivity index (χ1) is 9.41. The summed E-state index contributed by atoms with van der Waals surface area (Å²) in [5.74, 6) is 0.503. The van der Waals surface area contributed by atoms with Gasteiger partial charge in [-0.3, -0.25) is 4.40 Å². The van der Waals surface area contributed by atoms with Crippen molar-refractivity contribution < 1.29 is 13.2 Å². The Labute approximate surface area is 119 Å². The highest BCUT2D eigenvalue weighted by Crippen LogP contribution is 2.33. The number of rotatable bonds is 1. The van der Waals surface area contributed by atoms with Crippen LogP contribution in [0.25, 0.3) is 16.7 Å². The highest BCUT2D eigenvalue weighted by atomic mass is 79.9. The lowest BCUT2D eigenvalue weighted by Gasteiger charge is -2.11. The van der Waals surface area contributed by atoms with E-state index in [1.807, 2.05) is 0 Å². The van der Waals surface area contributed by atoms with E-state index in [-0.39, 0.29) is 0 Å². The molecule has 104 valence electrons. The molecule has 0 bridgehead atoms. The van der Waals surface area contributed by atoms with Gasteiger partial charge < -0.3 is 5.32 Å².